The van der Waals surface area contributed by atoms with Gasteiger partial charge in [-0.05, 0) is 0 Å². The van der Waals surface area contributed by atoms with Gasteiger partial charge in [-0.1, -0.05) is 0 Å². The van der Waals surface area contributed by atoms with Crippen molar-refractivity contribution in [3.05, 3.63) is 13.3 Å². The summed E-state index contributed by atoms with van der Waals surface area (Å²) in [6.45, 7) is 3.67. The van der Waals surface area contributed by atoms with Crippen LogP contribution in [0.25, 0.3) is 0 Å². The fraction of sp³-hybridized carbons (Fsp3) is 0.700. The third kappa shape index (κ3) is 4.41. The van der Waals surface area contributed by atoms with Gasteiger partial charge < -0.3 is 42.4 Å². The summed E-state index contributed by atoms with van der Waals surface area (Å²) < 4.78 is 5.28. The predicted octanol–water partition coefficient (Wildman–Crippen LogP) is -2.75. The standard InChI is InChI=1S/C10H18N2O5.Y/c1-2-12(4-3-7(11)14)10-9(16)8(15)6(5-13)17-10;/h3,6,8-10,13,15-16H,1-2,4-5H2,(H2,11,14);/q-2;/t6-,8-,9-,10?;/m1./s1. The van der Waals surface area contributed by atoms with E-state index in [1.165, 1.54) is 11.3 Å². The average molecular weight is 335 g/mol. The Kier molecular flexibility index (Phi) is 8.54. The molecule has 1 fully saturated rings. The quantitative estimate of drug-likeness (QED) is 0.391. The van der Waals surface area contributed by atoms with Gasteiger partial charge >= 0.3 is 0 Å². The van der Waals surface area contributed by atoms with Crippen LogP contribution in [0, 0.1) is 13.3 Å². The van der Waals surface area contributed by atoms with Crippen molar-refractivity contribution in [2.24, 2.45) is 5.73 Å². The molecule has 1 saturated heterocycles. The van der Waals surface area contributed by atoms with Gasteiger partial charge in [-0.2, -0.15) is 0 Å². The van der Waals surface area contributed by atoms with Crippen LogP contribution in [-0.2, 0) is 42.2 Å². The maximum absolute atomic E-state index is 10.6. The molecule has 0 saturated carbocycles. The second-order valence-electron chi connectivity index (χ2n) is 3.83. The number of aliphatic hydroxyl groups is 3. The first kappa shape index (κ1) is 18.2. The summed E-state index contributed by atoms with van der Waals surface area (Å²) >= 11 is 0. The average Bonchev–Trinajstić information content (AvgIpc) is 2.57. The summed E-state index contributed by atoms with van der Waals surface area (Å²) in [5.74, 6) is -0.588. The summed E-state index contributed by atoms with van der Waals surface area (Å²) in [4.78, 5) is 12.2. The number of amides is 1. The maximum atomic E-state index is 10.6. The molecule has 4 atom stereocenters. The van der Waals surface area contributed by atoms with Gasteiger partial charge in [-0.3, -0.25) is 6.42 Å². The first-order chi connectivity index (χ1) is 8.01. The molecule has 1 heterocycles. The van der Waals surface area contributed by atoms with Gasteiger partial charge in [0.15, 0.2) is 0 Å². The topological polar surface area (TPSA) is 116 Å². The van der Waals surface area contributed by atoms with Crippen molar-refractivity contribution < 1.29 is 57.6 Å². The zero-order valence-corrected chi connectivity index (χ0v) is 12.8. The summed E-state index contributed by atoms with van der Waals surface area (Å²) in [5.41, 5.74) is 4.98. The molecule has 0 aromatic carbocycles. The van der Waals surface area contributed by atoms with E-state index < -0.39 is 30.4 Å². The molecule has 0 spiro atoms. The molecule has 0 aromatic heterocycles. The summed E-state index contributed by atoms with van der Waals surface area (Å²) in [7, 11) is 0. The number of carbonyl (C=O) groups is 1. The Labute approximate surface area is 131 Å². The minimum absolute atomic E-state index is 0. The number of primary amides is 1. The van der Waals surface area contributed by atoms with Crippen LogP contribution < -0.4 is 5.73 Å². The molecule has 1 rings (SSSR count). The molecule has 8 heteroatoms. The Morgan fingerprint density at radius 1 is 1.44 bits per heavy atom. The summed E-state index contributed by atoms with van der Waals surface area (Å²) in [5, 5.41) is 28.2. The molecule has 1 amide bonds. The SMILES string of the molecule is [CH2-]CN(C[CH-]C(N)=O)C1O[C@H](CO)[C@@H](O)[C@H]1O.[Y]. The van der Waals surface area contributed by atoms with E-state index >= 15 is 0 Å². The number of ether oxygens (including phenoxy) is 1. The Hall–Kier alpha value is 0.244. The first-order valence-corrected chi connectivity index (χ1v) is 5.29. The van der Waals surface area contributed by atoms with E-state index in [4.69, 9.17) is 15.6 Å². The van der Waals surface area contributed by atoms with Gasteiger partial charge in [0.25, 0.3) is 0 Å². The number of nitrogens with two attached hydrogens (primary N) is 1. The van der Waals surface area contributed by atoms with Gasteiger partial charge in [-0.25, -0.2) is 0 Å². The zero-order valence-electron chi connectivity index (χ0n) is 9.98. The van der Waals surface area contributed by atoms with Crippen LogP contribution in [-0.4, -0.2) is 70.4 Å². The van der Waals surface area contributed by atoms with Crippen molar-refractivity contribution in [1.82, 2.24) is 4.90 Å². The molecule has 0 aliphatic carbocycles. The number of rotatable bonds is 6. The monoisotopic (exact) mass is 335 g/mol. The number of nitrogens with zero attached hydrogens (tertiary/aromatic N) is 1. The molecular weight excluding hydrogens is 317 g/mol. The maximum Gasteiger partial charge on any atom is 0.135 e. The molecular formula is C10H18N2O5Y-2. The predicted molar refractivity (Wildman–Crippen MR) is 58.2 cm³/mol. The van der Waals surface area contributed by atoms with Crippen molar-refractivity contribution in [3.8, 4) is 0 Å². The normalized spacial score (nSPS) is 31.2. The number of hydrogen-bond acceptors (Lipinski definition) is 6. The molecule has 103 valence electrons. The van der Waals surface area contributed by atoms with Gasteiger partial charge in [0.1, 0.15) is 24.5 Å². The molecule has 1 aliphatic heterocycles. The second kappa shape index (κ2) is 8.42. The van der Waals surface area contributed by atoms with Crippen LogP contribution in [0.15, 0.2) is 0 Å². The van der Waals surface area contributed by atoms with Crippen LogP contribution in [0.2, 0.25) is 0 Å². The Morgan fingerprint density at radius 2 is 2.06 bits per heavy atom. The van der Waals surface area contributed by atoms with E-state index in [0.29, 0.717) is 0 Å². The van der Waals surface area contributed by atoms with Gasteiger partial charge in [0.05, 0.1) is 12.5 Å². The van der Waals surface area contributed by atoms with E-state index in [0.717, 1.165) is 0 Å². The minimum Gasteiger partial charge on any atom is -0.395 e. The fourth-order valence-electron chi connectivity index (χ4n) is 1.71. The van der Waals surface area contributed by atoms with Crippen LogP contribution in [0.4, 0.5) is 0 Å². The van der Waals surface area contributed by atoms with E-state index in [9.17, 15) is 15.0 Å². The smallest absolute Gasteiger partial charge is 0.135 e. The molecule has 18 heavy (non-hydrogen) atoms. The van der Waals surface area contributed by atoms with Crippen LogP contribution >= 0.6 is 0 Å². The molecule has 0 aromatic rings. The Morgan fingerprint density at radius 3 is 2.44 bits per heavy atom. The van der Waals surface area contributed by atoms with Crippen LogP contribution in [0.5, 0.6) is 0 Å². The largest absolute Gasteiger partial charge is 0.395 e. The van der Waals surface area contributed by atoms with Gasteiger partial charge in [0, 0.05) is 32.7 Å². The van der Waals surface area contributed by atoms with Crippen molar-refractivity contribution >= 4 is 5.91 Å². The Balaban J connectivity index is 0.00000289. The number of aliphatic hydroxyl groups excluding tert-OH is 3. The molecule has 1 radical (unpaired) electrons. The summed E-state index contributed by atoms with van der Waals surface area (Å²) in [6, 6.07) is 0. The third-order valence-electron chi connectivity index (χ3n) is 2.69. The summed E-state index contributed by atoms with van der Waals surface area (Å²) in [6.07, 6.45) is -2.74. The van der Waals surface area contributed by atoms with E-state index in [1.807, 2.05) is 0 Å². The fourth-order valence-corrected chi connectivity index (χ4v) is 1.71. The van der Waals surface area contributed by atoms with E-state index in [1.54, 1.807) is 0 Å². The van der Waals surface area contributed by atoms with Gasteiger partial charge in [-0.15, -0.1) is 13.1 Å². The van der Waals surface area contributed by atoms with Crippen LogP contribution in [0.3, 0.4) is 0 Å². The number of carbonyl (C=O) groups excluding carboxylic acids is 1. The van der Waals surface area contributed by atoms with Crippen molar-refractivity contribution in [2.45, 2.75) is 24.5 Å². The van der Waals surface area contributed by atoms with Crippen molar-refractivity contribution in [1.29, 1.82) is 0 Å². The van der Waals surface area contributed by atoms with Crippen molar-refractivity contribution in [3.63, 3.8) is 0 Å². The van der Waals surface area contributed by atoms with Gasteiger partial charge in [0.2, 0.25) is 0 Å². The molecule has 5 N–H and O–H groups in total. The third-order valence-corrected chi connectivity index (χ3v) is 2.69. The molecule has 1 unspecified atom stereocenters. The second-order valence-corrected chi connectivity index (χ2v) is 3.83. The van der Waals surface area contributed by atoms with Crippen molar-refractivity contribution in [2.75, 3.05) is 19.7 Å². The first-order valence-electron chi connectivity index (χ1n) is 5.29. The molecule has 1 aliphatic rings. The Bertz CT molecular complexity index is 269. The number of hydrogen-bond donors (Lipinski definition) is 4. The zero-order chi connectivity index (χ0) is 13.0. The van der Waals surface area contributed by atoms with E-state index in [-0.39, 0.29) is 52.4 Å². The minimum atomic E-state index is -1.16. The molecule has 0 bridgehead atoms. The van der Waals surface area contributed by atoms with E-state index in [2.05, 4.69) is 6.92 Å². The molecule has 7 nitrogen and oxygen atoms in total. The van der Waals surface area contributed by atoms with Crippen LogP contribution in [0.1, 0.15) is 0 Å².